The molecule has 0 unspecified atom stereocenters. The number of hydrogen-bond acceptors (Lipinski definition) is 4. The lowest BCUT2D eigenvalue weighted by molar-refractivity contribution is 0.102. The Morgan fingerprint density at radius 2 is 1.57 bits per heavy atom. The van der Waals surface area contributed by atoms with Crippen LogP contribution in [0.2, 0.25) is 10.0 Å². The minimum absolute atomic E-state index is 0.0374. The van der Waals surface area contributed by atoms with Crippen LogP contribution in [0.3, 0.4) is 0 Å². The van der Waals surface area contributed by atoms with Crippen molar-refractivity contribution in [2.45, 2.75) is 30.6 Å². The zero-order valence-corrected chi connectivity index (χ0v) is 18.7. The molecule has 2 aliphatic heterocycles. The Bertz CT molecular complexity index is 1060. The molecule has 9 heteroatoms. The van der Waals surface area contributed by atoms with Gasteiger partial charge in [-0.15, -0.1) is 0 Å². The first kappa shape index (κ1) is 21.4. The molecule has 0 radical (unpaired) electrons. The SMILES string of the molecule is O=C(Nc1cc(Cl)ccc1N1CCCC1)c1ccc(Cl)c(S(=O)(=O)N2CCCC2)c1. The number of benzene rings is 2. The maximum Gasteiger partial charge on any atom is 0.255 e. The number of amides is 1. The summed E-state index contributed by atoms with van der Waals surface area (Å²) in [5, 5.41) is 3.52. The second kappa shape index (κ2) is 8.75. The van der Waals surface area contributed by atoms with Crippen LogP contribution in [-0.4, -0.2) is 44.8 Å². The van der Waals surface area contributed by atoms with Crippen molar-refractivity contribution in [1.82, 2.24) is 4.31 Å². The molecule has 30 heavy (non-hydrogen) atoms. The van der Waals surface area contributed by atoms with Gasteiger partial charge in [-0.05, 0) is 62.1 Å². The molecule has 2 aromatic rings. The number of nitrogens with one attached hydrogen (secondary N) is 1. The van der Waals surface area contributed by atoms with Gasteiger partial charge in [-0.1, -0.05) is 23.2 Å². The highest BCUT2D eigenvalue weighted by molar-refractivity contribution is 7.89. The van der Waals surface area contributed by atoms with Crippen molar-refractivity contribution in [2.75, 3.05) is 36.4 Å². The third-order valence-corrected chi connectivity index (χ3v) is 8.15. The fourth-order valence-corrected chi connectivity index (χ4v) is 6.14. The number of nitrogens with zero attached hydrogens (tertiary/aromatic N) is 2. The topological polar surface area (TPSA) is 69.7 Å². The summed E-state index contributed by atoms with van der Waals surface area (Å²) in [7, 11) is -3.73. The lowest BCUT2D eigenvalue weighted by Gasteiger charge is -2.22. The second-order valence-electron chi connectivity index (χ2n) is 7.57. The fourth-order valence-electron chi connectivity index (χ4n) is 3.95. The summed E-state index contributed by atoms with van der Waals surface area (Å²) in [6, 6.07) is 9.75. The predicted octanol–water partition coefficient (Wildman–Crippen LogP) is 4.63. The van der Waals surface area contributed by atoms with E-state index in [2.05, 4.69) is 10.2 Å². The highest BCUT2D eigenvalue weighted by Gasteiger charge is 2.30. The molecule has 1 amide bonds. The smallest absolute Gasteiger partial charge is 0.255 e. The van der Waals surface area contributed by atoms with E-state index in [0.717, 1.165) is 44.5 Å². The van der Waals surface area contributed by atoms with Crippen LogP contribution in [0, 0.1) is 0 Å². The molecule has 2 fully saturated rings. The number of carbonyl (C=O) groups is 1. The minimum atomic E-state index is -3.73. The number of halogens is 2. The van der Waals surface area contributed by atoms with Gasteiger partial charge in [-0.25, -0.2) is 8.42 Å². The zero-order valence-electron chi connectivity index (χ0n) is 16.4. The summed E-state index contributed by atoms with van der Waals surface area (Å²) in [6.07, 6.45) is 3.85. The molecular formula is C21H23Cl2N3O3S. The number of anilines is 2. The third-order valence-electron chi connectivity index (χ3n) is 5.53. The maximum atomic E-state index is 13.0. The van der Waals surface area contributed by atoms with Gasteiger partial charge in [0.15, 0.2) is 0 Å². The summed E-state index contributed by atoms with van der Waals surface area (Å²) in [5.74, 6) is -0.410. The first-order chi connectivity index (χ1) is 14.4. The van der Waals surface area contributed by atoms with Crippen LogP contribution < -0.4 is 10.2 Å². The number of sulfonamides is 1. The van der Waals surface area contributed by atoms with Crippen LogP contribution in [0.4, 0.5) is 11.4 Å². The molecule has 2 aromatic carbocycles. The summed E-state index contributed by atoms with van der Waals surface area (Å²) >= 11 is 12.4. The average molecular weight is 468 g/mol. The Balaban J connectivity index is 1.63. The molecule has 0 aliphatic carbocycles. The van der Waals surface area contributed by atoms with E-state index < -0.39 is 15.9 Å². The van der Waals surface area contributed by atoms with Crippen molar-refractivity contribution in [3.8, 4) is 0 Å². The van der Waals surface area contributed by atoms with Gasteiger partial charge in [0.1, 0.15) is 4.90 Å². The molecule has 2 heterocycles. The second-order valence-corrected chi connectivity index (χ2v) is 10.3. The molecule has 1 N–H and O–H groups in total. The molecule has 0 spiro atoms. The van der Waals surface area contributed by atoms with Crippen LogP contribution in [0.25, 0.3) is 0 Å². The van der Waals surface area contributed by atoms with E-state index in [9.17, 15) is 13.2 Å². The van der Waals surface area contributed by atoms with Crippen molar-refractivity contribution in [1.29, 1.82) is 0 Å². The van der Waals surface area contributed by atoms with Gasteiger partial charge >= 0.3 is 0 Å². The molecule has 2 aliphatic rings. The third kappa shape index (κ3) is 4.30. The van der Waals surface area contributed by atoms with Crippen LogP contribution in [0.15, 0.2) is 41.3 Å². The van der Waals surface area contributed by atoms with Crippen molar-refractivity contribution in [3.63, 3.8) is 0 Å². The molecule has 0 aromatic heterocycles. The first-order valence-corrected chi connectivity index (χ1v) is 12.2. The molecule has 2 saturated heterocycles. The van der Waals surface area contributed by atoms with E-state index >= 15 is 0 Å². The Morgan fingerprint density at radius 3 is 2.27 bits per heavy atom. The largest absolute Gasteiger partial charge is 0.370 e. The average Bonchev–Trinajstić information content (AvgIpc) is 3.43. The van der Waals surface area contributed by atoms with Crippen LogP contribution >= 0.6 is 23.2 Å². The van der Waals surface area contributed by atoms with Crippen LogP contribution in [-0.2, 0) is 10.0 Å². The van der Waals surface area contributed by atoms with Gasteiger partial charge in [0, 0.05) is 36.8 Å². The van der Waals surface area contributed by atoms with Gasteiger partial charge < -0.3 is 10.2 Å². The molecular weight excluding hydrogens is 445 g/mol. The Labute approximate surface area is 186 Å². The highest BCUT2D eigenvalue weighted by atomic mass is 35.5. The molecule has 6 nitrogen and oxygen atoms in total. The summed E-state index contributed by atoms with van der Waals surface area (Å²) < 4.78 is 27.3. The van der Waals surface area contributed by atoms with E-state index in [-0.39, 0.29) is 15.5 Å². The van der Waals surface area contributed by atoms with E-state index in [0.29, 0.717) is 23.8 Å². The Kier molecular flexibility index (Phi) is 6.25. The summed E-state index contributed by atoms with van der Waals surface area (Å²) in [5.41, 5.74) is 1.74. The van der Waals surface area contributed by atoms with Crippen molar-refractivity contribution in [2.24, 2.45) is 0 Å². The first-order valence-electron chi connectivity index (χ1n) is 10.0. The van der Waals surface area contributed by atoms with Crippen LogP contribution in [0.1, 0.15) is 36.0 Å². The van der Waals surface area contributed by atoms with E-state index in [1.165, 1.54) is 22.5 Å². The summed E-state index contributed by atoms with van der Waals surface area (Å²) in [6.45, 7) is 2.78. The fraction of sp³-hybridized carbons (Fsp3) is 0.381. The zero-order chi connectivity index (χ0) is 21.3. The van der Waals surface area contributed by atoms with Gasteiger partial charge in [0.25, 0.3) is 5.91 Å². The van der Waals surface area contributed by atoms with Gasteiger partial charge in [-0.3, -0.25) is 4.79 Å². The standard InChI is InChI=1S/C21H23Cl2N3O3S/c22-16-6-8-19(25-9-1-2-10-25)18(14-16)24-21(27)15-5-7-17(23)20(13-15)30(28,29)26-11-3-4-12-26/h5-8,13-14H,1-4,9-12H2,(H,24,27). The highest BCUT2D eigenvalue weighted by Crippen LogP contribution is 2.33. The Morgan fingerprint density at radius 1 is 0.900 bits per heavy atom. The Hall–Kier alpha value is -1.80. The molecule has 0 bridgehead atoms. The molecule has 0 saturated carbocycles. The van der Waals surface area contributed by atoms with E-state index in [4.69, 9.17) is 23.2 Å². The van der Waals surface area contributed by atoms with Gasteiger partial charge in [-0.2, -0.15) is 4.31 Å². The molecule has 4 rings (SSSR count). The summed E-state index contributed by atoms with van der Waals surface area (Å²) in [4.78, 5) is 15.1. The monoisotopic (exact) mass is 467 g/mol. The number of hydrogen-bond donors (Lipinski definition) is 1. The van der Waals surface area contributed by atoms with E-state index in [1.807, 2.05) is 6.07 Å². The van der Waals surface area contributed by atoms with E-state index in [1.54, 1.807) is 12.1 Å². The van der Waals surface area contributed by atoms with Crippen molar-refractivity contribution < 1.29 is 13.2 Å². The molecule has 0 atom stereocenters. The maximum absolute atomic E-state index is 13.0. The van der Waals surface area contributed by atoms with Crippen LogP contribution in [0.5, 0.6) is 0 Å². The lowest BCUT2D eigenvalue weighted by Crippen LogP contribution is -2.28. The quantitative estimate of drug-likeness (QED) is 0.695. The number of rotatable bonds is 5. The minimum Gasteiger partial charge on any atom is -0.370 e. The van der Waals surface area contributed by atoms with Crippen molar-refractivity contribution in [3.05, 3.63) is 52.0 Å². The predicted molar refractivity (Wildman–Crippen MR) is 120 cm³/mol. The van der Waals surface area contributed by atoms with Crippen molar-refractivity contribution >= 4 is 50.5 Å². The van der Waals surface area contributed by atoms with Gasteiger partial charge in [0.2, 0.25) is 10.0 Å². The molecule has 160 valence electrons. The number of carbonyl (C=O) groups excluding carboxylic acids is 1. The normalized spacial score (nSPS) is 17.5. The van der Waals surface area contributed by atoms with Gasteiger partial charge in [0.05, 0.1) is 16.4 Å². The lowest BCUT2D eigenvalue weighted by atomic mass is 10.2.